The van der Waals surface area contributed by atoms with Crippen LogP contribution in [0.4, 0.5) is 0 Å². The average molecular weight is 321 g/mol. The standard InChI is InChI=1S/C17H11N3O2S/c21-20-9-4-3-7-15(20)22-17-13-5-1-2-6-14(13)18-16(19-17)12-8-10-23-11-12/h1-11H. The molecule has 3 heterocycles. The van der Waals surface area contributed by atoms with E-state index in [2.05, 4.69) is 9.97 Å². The van der Waals surface area contributed by atoms with E-state index in [1.807, 2.05) is 41.1 Å². The molecule has 0 amide bonds. The van der Waals surface area contributed by atoms with E-state index in [-0.39, 0.29) is 5.88 Å². The van der Waals surface area contributed by atoms with Crippen molar-refractivity contribution in [3.63, 3.8) is 0 Å². The lowest BCUT2D eigenvalue weighted by Gasteiger charge is -2.09. The zero-order valence-electron chi connectivity index (χ0n) is 11.9. The average Bonchev–Trinajstić information content (AvgIpc) is 3.11. The number of nitrogens with zero attached hydrogens (tertiary/aromatic N) is 3. The highest BCUT2D eigenvalue weighted by molar-refractivity contribution is 7.08. The maximum Gasteiger partial charge on any atom is 0.386 e. The topological polar surface area (TPSA) is 62.0 Å². The first-order valence-corrected chi connectivity index (χ1v) is 7.91. The molecule has 3 aromatic heterocycles. The molecule has 0 bridgehead atoms. The Morgan fingerprint density at radius 2 is 1.87 bits per heavy atom. The van der Waals surface area contributed by atoms with Crippen LogP contribution in [0.15, 0.2) is 65.5 Å². The molecule has 112 valence electrons. The van der Waals surface area contributed by atoms with Gasteiger partial charge in [-0.2, -0.15) is 16.3 Å². The van der Waals surface area contributed by atoms with E-state index >= 15 is 0 Å². The molecule has 5 nitrogen and oxygen atoms in total. The second-order valence-corrected chi connectivity index (χ2v) is 5.63. The molecule has 4 rings (SSSR count). The number of hydrogen-bond donors (Lipinski definition) is 0. The van der Waals surface area contributed by atoms with Crippen molar-refractivity contribution in [1.82, 2.24) is 9.97 Å². The fraction of sp³-hybridized carbons (Fsp3) is 0. The van der Waals surface area contributed by atoms with Crippen molar-refractivity contribution in [3.8, 4) is 23.1 Å². The van der Waals surface area contributed by atoms with Crippen LogP contribution >= 0.6 is 11.3 Å². The van der Waals surface area contributed by atoms with Crippen molar-refractivity contribution in [2.45, 2.75) is 0 Å². The van der Waals surface area contributed by atoms with E-state index in [9.17, 15) is 5.21 Å². The normalized spacial score (nSPS) is 10.8. The van der Waals surface area contributed by atoms with Gasteiger partial charge in [-0.25, -0.2) is 4.98 Å². The largest absolute Gasteiger partial charge is 0.616 e. The van der Waals surface area contributed by atoms with Crippen molar-refractivity contribution < 1.29 is 9.47 Å². The zero-order valence-corrected chi connectivity index (χ0v) is 12.7. The first-order chi connectivity index (χ1) is 11.3. The highest BCUT2D eigenvalue weighted by Gasteiger charge is 2.14. The number of thiophene rings is 1. The third-order valence-corrected chi connectivity index (χ3v) is 4.02. The lowest BCUT2D eigenvalue weighted by atomic mass is 10.2. The number of para-hydroxylation sites is 1. The third-order valence-electron chi connectivity index (χ3n) is 3.34. The van der Waals surface area contributed by atoms with Gasteiger partial charge < -0.3 is 9.94 Å². The van der Waals surface area contributed by atoms with Crippen LogP contribution in [-0.4, -0.2) is 9.97 Å². The lowest BCUT2D eigenvalue weighted by Crippen LogP contribution is -2.27. The van der Waals surface area contributed by atoms with Gasteiger partial charge in [-0.05, 0) is 29.6 Å². The van der Waals surface area contributed by atoms with Crippen LogP contribution < -0.4 is 9.47 Å². The van der Waals surface area contributed by atoms with Gasteiger partial charge in [0.2, 0.25) is 5.88 Å². The van der Waals surface area contributed by atoms with Gasteiger partial charge in [0.15, 0.2) is 12.0 Å². The molecular formula is C17H11N3O2S. The van der Waals surface area contributed by atoms with Crippen molar-refractivity contribution >= 4 is 22.2 Å². The van der Waals surface area contributed by atoms with Crippen LogP contribution in [-0.2, 0) is 0 Å². The highest BCUT2D eigenvalue weighted by Crippen LogP contribution is 2.29. The molecule has 23 heavy (non-hydrogen) atoms. The summed E-state index contributed by atoms with van der Waals surface area (Å²) < 4.78 is 6.43. The molecular weight excluding hydrogens is 310 g/mol. The predicted octanol–water partition coefficient (Wildman–Crippen LogP) is 3.78. The molecule has 0 radical (unpaired) electrons. The Hall–Kier alpha value is -2.99. The summed E-state index contributed by atoms with van der Waals surface area (Å²) in [5.74, 6) is 1.12. The van der Waals surface area contributed by atoms with Crippen molar-refractivity contribution in [2.24, 2.45) is 0 Å². The number of aromatic nitrogens is 3. The Balaban J connectivity index is 1.89. The molecule has 0 fully saturated rings. The molecule has 0 atom stereocenters. The van der Waals surface area contributed by atoms with Crippen molar-refractivity contribution in [3.05, 3.63) is 70.7 Å². The van der Waals surface area contributed by atoms with Gasteiger partial charge in [-0.1, -0.05) is 12.1 Å². The van der Waals surface area contributed by atoms with Crippen LogP contribution in [0.5, 0.6) is 11.8 Å². The molecule has 1 aromatic carbocycles. The number of rotatable bonds is 3. The molecule has 0 aliphatic carbocycles. The molecule has 0 spiro atoms. The molecule has 6 heteroatoms. The van der Waals surface area contributed by atoms with Crippen molar-refractivity contribution in [1.29, 1.82) is 0 Å². The van der Waals surface area contributed by atoms with Gasteiger partial charge in [0.05, 0.1) is 17.0 Å². The van der Waals surface area contributed by atoms with E-state index in [1.165, 1.54) is 6.20 Å². The maximum absolute atomic E-state index is 11.8. The third kappa shape index (κ3) is 2.60. The molecule has 4 aromatic rings. The number of hydrogen-bond acceptors (Lipinski definition) is 5. The second kappa shape index (κ2) is 5.66. The molecule has 0 aliphatic heterocycles. The molecule has 0 saturated heterocycles. The predicted molar refractivity (Wildman–Crippen MR) is 88.3 cm³/mol. The number of fused-ring (bicyclic) bond motifs is 1. The summed E-state index contributed by atoms with van der Waals surface area (Å²) in [6.07, 6.45) is 1.39. The molecule has 0 aliphatic rings. The summed E-state index contributed by atoms with van der Waals surface area (Å²) in [4.78, 5) is 9.07. The minimum Gasteiger partial charge on any atom is -0.616 e. The number of ether oxygens (including phenoxy) is 1. The summed E-state index contributed by atoms with van der Waals surface area (Å²) in [6.45, 7) is 0. The lowest BCUT2D eigenvalue weighted by molar-refractivity contribution is -0.611. The van der Waals surface area contributed by atoms with E-state index in [0.29, 0.717) is 16.4 Å². The van der Waals surface area contributed by atoms with Crippen LogP contribution in [0.3, 0.4) is 0 Å². The SMILES string of the molecule is [O-][n+]1ccccc1Oc1nc(-c2ccsc2)nc2ccccc12. The first kappa shape index (κ1) is 13.7. The van der Waals surface area contributed by atoms with E-state index in [1.54, 1.807) is 29.5 Å². The smallest absolute Gasteiger partial charge is 0.386 e. The summed E-state index contributed by atoms with van der Waals surface area (Å²) in [5, 5.41) is 16.5. The second-order valence-electron chi connectivity index (χ2n) is 4.85. The zero-order chi connectivity index (χ0) is 15.6. The van der Waals surface area contributed by atoms with E-state index in [0.717, 1.165) is 16.5 Å². The Morgan fingerprint density at radius 1 is 1.00 bits per heavy atom. The highest BCUT2D eigenvalue weighted by atomic mass is 32.1. The fourth-order valence-electron chi connectivity index (χ4n) is 2.24. The van der Waals surface area contributed by atoms with Crippen LogP contribution in [0.25, 0.3) is 22.3 Å². The Labute approximate surface area is 136 Å². The van der Waals surface area contributed by atoms with Crippen molar-refractivity contribution in [2.75, 3.05) is 0 Å². The summed E-state index contributed by atoms with van der Waals surface area (Å²) >= 11 is 1.58. The minimum absolute atomic E-state index is 0.174. The molecule has 0 unspecified atom stereocenters. The van der Waals surface area contributed by atoms with Crippen LogP contribution in [0.1, 0.15) is 0 Å². The number of pyridine rings is 1. The van der Waals surface area contributed by atoms with Gasteiger partial charge in [0.1, 0.15) is 0 Å². The van der Waals surface area contributed by atoms with Crippen LogP contribution in [0.2, 0.25) is 0 Å². The van der Waals surface area contributed by atoms with Gasteiger partial charge in [-0.3, -0.25) is 0 Å². The summed E-state index contributed by atoms with van der Waals surface area (Å²) in [5.41, 5.74) is 1.70. The van der Waals surface area contributed by atoms with Gasteiger partial charge in [0.25, 0.3) is 0 Å². The van der Waals surface area contributed by atoms with Gasteiger partial charge in [-0.15, -0.1) is 4.73 Å². The van der Waals surface area contributed by atoms with Crippen LogP contribution in [0, 0.1) is 5.21 Å². The minimum atomic E-state index is 0.174. The van der Waals surface area contributed by atoms with Gasteiger partial charge in [0, 0.05) is 17.0 Å². The Morgan fingerprint density at radius 3 is 2.70 bits per heavy atom. The summed E-state index contributed by atoms with van der Waals surface area (Å²) in [6, 6.07) is 14.5. The van der Waals surface area contributed by atoms with E-state index in [4.69, 9.17) is 4.74 Å². The van der Waals surface area contributed by atoms with E-state index < -0.39 is 0 Å². The molecule has 0 saturated carbocycles. The van der Waals surface area contributed by atoms with Gasteiger partial charge >= 0.3 is 5.88 Å². The monoisotopic (exact) mass is 321 g/mol. The summed E-state index contributed by atoms with van der Waals surface area (Å²) in [7, 11) is 0. The Kier molecular flexibility index (Phi) is 3.36. The maximum atomic E-state index is 11.8. The fourth-order valence-corrected chi connectivity index (χ4v) is 2.87. The molecule has 0 N–H and O–H groups in total. The quantitative estimate of drug-likeness (QED) is 0.425. The number of benzene rings is 1. The first-order valence-electron chi connectivity index (χ1n) is 6.97. The Bertz CT molecular complexity index is 971.